The van der Waals surface area contributed by atoms with Gasteiger partial charge in [-0.1, -0.05) is 48.5 Å². The van der Waals surface area contributed by atoms with Crippen molar-refractivity contribution in [2.75, 3.05) is 0 Å². The van der Waals surface area contributed by atoms with E-state index in [0.29, 0.717) is 5.69 Å². The third-order valence-corrected chi connectivity index (χ3v) is 3.36. The Morgan fingerprint density at radius 2 is 1.70 bits per heavy atom. The summed E-state index contributed by atoms with van der Waals surface area (Å²) in [6, 6.07) is 18.9. The molecule has 3 rings (SSSR count). The highest BCUT2D eigenvalue weighted by Gasteiger charge is 2.24. The first-order valence-corrected chi connectivity index (χ1v) is 6.39. The van der Waals surface area contributed by atoms with Crippen molar-refractivity contribution in [1.82, 2.24) is 4.98 Å². The van der Waals surface area contributed by atoms with E-state index in [9.17, 15) is 9.90 Å². The van der Waals surface area contributed by atoms with Gasteiger partial charge in [-0.25, -0.2) is 0 Å². The molecule has 0 spiro atoms. The minimum absolute atomic E-state index is 0.552. The number of aliphatic carboxylic acids is 1. The minimum Gasteiger partial charge on any atom is -0.480 e. The molecule has 1 atom stereocenters. The maximum absolute atomic E-state index is 11.7. The molecule has 0 bridgehead atoms. The third kappa shape index (κ3) is 2.14. The van der Waals surface area contributed by atoms with Crippen molar-refractivity contribution < 1.29 is 9.90 Å². The molecule has 0 saturated carbocycles. The highest BCUT2D eigenvalue weighted by atomic mass is 16.4. The predicted molar refractivity (Wildman–Crippen MR) is 77.7 cm³/mol. The Morgan fingerprint density at radius 3 is 2.45 bits per heavy atom. The van der Waals surface area contributed by atoms with E-state index in [2.05, 4.69) is 4.98 Å². The molecule has 3 nitrogen and oxygen atoms in total. The monoisotopic (exact) mass is 263 g/mol. The maximum atomic E-state index is 11.7. The van der Waals surface area contributed by atoms with E-state index in [-0.39, 0.29) is 0 Å². The van der Waals surface area contributed by atoms with Crippen LogP contribution in [-0.2, 0) is 4.79 Å². The summed E-state index contributed by atoms with van der Waals surface area (Å²) in [6.07, 6.45) is 1.62. The van der Waals surface area contributed by atoms with Crippen LogP contribution in [0.4, 0.5) is 0 Å². The Labute approximate surface area is 116 Å². The number of rotatable bonds is 3. The summed E-state index contributed by atoms with van der Waals surface area (Å²) < 4.78 is 0. The number of hydrogen-bond acceptors (Lipinski definition) is 2. The van der Waals surface area contributed by atoms with E-state index < -0.39 is 11.9 Å². The number of carboxylic acid groups (broad SMARTS) is 1. The standard InChI is InChI=1S/C17H13NO2/c19-17(20)16(15-10-3-4-11-18-15)14-9-5-7-12-6-1-2-8-13(12)14/h1-11,16H,(H,19,20). The molecular formula is C17H13NO2. The quantitative estimate of drug-likeness (QED) is 0.787. The molecule has 0 aliphatic rings. The molecule has 2 aromatic carbocycles. The molecule has 98 valence electrons. The molecule has 3 heteroatoms. The normalized spacial score (nSPS) is 12.2. The van der Waals surface area contributed by atoms with Gasteiger partial charge in [0.15, 0.2) is 0 Å². The fourth-order valence-corrected chi connectivity index (χ4v) is 2.47. The van der Waals surface area contributed by atoms with E-state index in [1.54, 1.807) is 18.3 Å². The Hall–Kier alpha value is -2.68. The molecule has 1 aromatic heterocycles. The SMILES string of the molecule is O=C(O)C(c1ccccn1)c1cccc2ccccc12. The maximum Gasteiger partial charge on any atom is 0.317 e. The molecule has 1 heterocycles. The van der Waals surface area contributed by atoms with E-state index >= 15 is 0 Å². The highest BCUT2D eigenvalue weighted by molar-refractivity contribution is 5.92. The van der Waals surface area contributed by atoms with Crippen molar-refractivity contribution in [2.45, 2.75) is 5.92 Å². The lowest BCUT2D eigenvalue weighted by molar-refractivity contribution is -0.137. The van der Waals surface area contributed by atoms with Crippen molar-refractivity contribution in [3.8, 4) is 0 Å². The average molecular weight is 263 g/mol. The molecule has 20 heavy (non-hydrogen) atoms. The molecule has 1 unspecified atom stereocenters. The fourth-order valence-electron chi connectivity index (χ4n) is 2.47. The van der Waals surface area contributed by atoms with Gasteiger partial charge >= 0.3 is 5.97 Å². The number of pyridine rings is 1. The first-order chi connectivity index (χ1) is 9.77. The number of hydrogen-bond donors (Lipinski definition) is 1. The average Bonchev–Trinajstić information content (AvgIpc) is 2.48. The van der Waals surface area contributed by atoms with Gasteiger partial charge in [0.1, 0.15) is 5.92 Å². The van der Waals surface area contributed by atoms with Crippen LogP contribution in [0.1, 0.15) is 17.2 Å². The van der Waals surface area contributed by atoms with Crippen LogP contribution in [0.15, 0.2) is 66.9 Å². The zero-order chi connectivity index (χ0) is 13.9. The highest BCUT2D eigenvalue weighted by Crippen LogP contribution is 2.29. The first-order valence-electron chi connectivity index (χ1n) is 6.39. The van der Waals surface area contributed by atoms with E-state index in [0.717, 1.165) is 16.3 Å². The second-order valence-electron chi connectivity index (χ2n) is 4.59. The summed E-state index contributed by atoms with van der Waals surface area (Å²) in [4.78, 5) is 15.9. The van der Waals surface area contributed by atoms with Gasteiger partial charge in [-0.2, -0.15) is 0 Å². The first kappa shape index (κ1) is 12.4. The zero-order valence-corrected chi connectivity index (χ0v) is 10.7. The van der Waals surface area contributed by atoms with Gasteiger partial charge in [-0.3, -0.25) is 9.78 Å². The Morgan fingerprint density at radius 1 is 0.950 bits per heavy atom. The number of aromatic nitrogens is 1. The summed E-state index contributed by atoms with van der Waals surface area (Å²) >= 11 is 0. The summed E-state index contributed by atoms with van der Waals surface area (Å²) in [5.41, 5.74) is 1.32. The molecule has 0 saturated heterocycles. The van der Waals surface area contributed by atoms with Crippen LogP contribution in [0, 0.1) is 0 Å². The van der Waals surface area contributed by atoms with Gasteiger partial charge < -0.3 is 5.11 Å². The molecular weight excluding hydrogens is 250 g/mol. The minimum atomic E-state index is -0.889. The van der Waals surface area contributed by atoms with Gasteiger partial charge in [0.2, 0.25) is 0 Å². The zero-order valence-electron chi connectivity index (χ0n) is 10.7. The number of carbonyl (C=O) groups is 1. The molecule has 1 N–H and O–H groups in total. The van der Waals surface area contributed by atoms with E-state index in [1.807, 2.05) is 48.5 Å². The van der Waals surface area contributed by atoms with Gasteiger partial charge in [0.25, 0.3) is 0 Å². The van der Waals surface area contributed by atoms with Crippen molar-refractivity contribution in [3.05, 3.63) is 78.1 Å². The summed E-state index contributed by atoms with van der Waals surface area (Å²) in [5, 5.41) is 11.6. The Kier molecular flexibility index (Phi) is 3.17. The number of fused-ring (bicyclic) bond motifs is 1. The third-order valence-electron chi connectivity index (χ3n) is 3.36. The van der Waals surface area contributed by atoms with Crippen LogP contribution in [0.25, 0.3) is 10.8 Å². The molecule has 3 aromatic rings. The smallest absolute Gasteiger partial charge is 0.317 e. The lowest BCUT2D eigenvalue weighted by Gasteiger charge is -2.14. The molecule has 0 radical (unpaired) electrons. The van der Waals surface area contributed by atoms with E-state index in [1.165, 1.54) is 0 Å². The summed E-state index contributed by atoms with van der Waals surface area (Å²) in [6.45, 7) is 0. The van der Waals surface area contributed by atoms with Crippen LogP contribution in [0.5, 0.6) is 0 Å². The van der Waals surface area contributed by atoms with Crippen LogP contribution in [-0.4, -0.2) is 16.1 Å². The molecule has 0 fully saturated rings. The molecule has 0 aliphatic heterocycles. The van der Waals surface area contributed by atoms with Crippen LogP contribution >= 0.6 is 0 Å². The van der Waals surface area contributed by atoms with Gasteiger partial charge in [-0.05, 0) is 28.5 Å². The topological polar surface area (TPSA) is 50.2 Å². The summed E-state index contributed by atoms with van der Waals surface area (Å²) in [7, 11) is 0. The fraction of sp³-hybridized carbons (Fsp3) is 0.0588. The van der Waals surface area contributed by atoms with Crippen molar-refractivity contribution in [3.63, 3.8) is 0 Å². The molecule has 0 aliphatic carbocycles. The van der Waals surface area contributed by atoms with Crippen molar-refractivity contribution >= 4 is 16.7 Å². The van der Waals surface area contributed by atoms with Gasteiger partial charge in [-0.15, -0.1) is 0 Å². The van der Waals surface area contributed by atoms with E-state index in [4.69, 9.17) is 0 Å². The number of nitrogens with zero attached hydrogens (tertiary/aromatic N) is 1. The number of carboxylic acids is 1. The Balaban J connectivity index is 2.23. The van der Waals surface area contributed by atoms with Gasteiger partial charge in [0, 0.05) is 6.20 Å². The molecule has 0 amide bonds. The van der Waals surface area contributed by atoms with Crippen LogP contribution in [0.3, 0.4) is 0 Å². The van der Waals surface area contributed by atoms with Crippen molar-refractivity contribution in [2.24, 2.45) is 0 Å². The largest absolute Gasteiger partial charge is 0.480 e. The van der Waals surface area contributed by atoms with Gasteiger partial charge in [0.05, 0.1) is 5.69 Å². The van der Waals surface area contributed by atoms with Crippen molar-refractivity contribution in [1.29, 1.82) is 0 Å². The predicted octanol–water partition coefficient (Wildman–Crippen LogP) is 3.45. The lowest BCUT2D eigenvalue weighted by Crippen LogP contribution is -2.14. The second-order valence-corrected chi connectivity index (χ2v) is 4.59. The Bertz CT molecular complexity index is 748. The lowest BCUT2D eigenvalue weighted by atomic mass is 9.91. The second kappa shape index (κ2) is 5.13. The summed E-state index contributed by atoms with van der Waals surface area (Å²) in [5.74, 6) is -1.64. The van der Waals surface area contributed by atoms with Crippen LogP contribution in [0.2, 0.25) is 0 Å². The van der Waals surface area contributed by atoms with Crippen LogP contribution < -0.4 is 0 Å². The number of benzene rings is 2.